The Morgan fingerprint density at radius 1 is 1.09 bits per heavy atom. The lowest BCUT2D eigenvalue weighted by molar-refractivity contribution is 0.0303. The molecule has 2 N–H and O–H groups in total. The van der Waals surface area contributed by atoms with Gasteiger partial charge in [-0.25, -0.2) is 9.67 Å². The van der Waals surface area contributed by atoms with Crippen molar-refractivity contribution in [3.05, 3.63) is 47.8 Å². The van der Waals surface area contributed by atoms with Gasteiger partial charge in [0.05, 0.1) is 36.0 Å². The molecule has 5 rings (SSSR count). The van der Waals surface area contributed by atoms with Crippen molar-refractivity contribution in [2.24, 2.45) is 0 Å². The molecule has 4 heterocycles. The third kappa shape index (κ3) is 4.98. The van der Waals surface area contributed by atoms with Crippen molar-refractivity contribution < 1.29 is 19.1 Å². The average Bonchev–Trinajstić information content (AvgIpc) is 3.33. The van der Waals surface area contributed by atoms with Crippen LogP contribution in [0.1, 0.15) is 40.5 Å². The maximum atomic E-state index is 13.4. The highest BCUT2D eigenvalue weighted by Crippen LogP contribution is 2.29. The SMILES string of the molecule is CCn1ncc2c(NC3CCOCC3)c(C(=O)Nc3cccc(C(=O)N4CCOCC4)c3)cnc21. The highest BCUT2D eigenvalue weighted by Gasteiger charge is 2.23. The fraction of sp³-hybridized carbons (Fsp3) is 0.440. The van der Waals surface area contributed by atoms with Crippen molar-refractivity contribution in [1.29, 1.82) is 0 Å². The summed E-state index contributed by atoms with van der Waals surface area (Å²) >= 11 is 0. The summed E-state index contributed by atoms with van der Waals surface area (Å²) in [6.45, 7) is 6.26. The Hall–Kier alpha value is -3.50. The van der Waals surface area contributed by atoms with Gasteiger partial charge in [0.2, 0.25) is 0 Å². The van der Waals surface area contributed by atoms with E-state index in [-0.39, 0.29) is 17.9 Å². The zero-order chi connectivity index (χ0) is 24.2. The van der Waals surface area contributed by atoms with Gasteiger partial charge < -0.3 is 25.0 Å². The largest absolute Gasteiger partial charge is 0.381 e. The topological polar surface area (TPSA) is 111 Å². The second-order valence-electron chi connectivity index (χ2n) is 8.71. The number of hydrogen-bond donors (Lipinski definition) is 2. The van der Waals surface area contributed by atoms with E-state index in [1.165, 1.54) is 0 Å². The van der Waals surface area contributed by atoms with E-state index in [1.807, 2.05) is 11.6 Å². The molecule has 10 heteroatoms. The molecule has 2 fully saturated rings. The number of carbonyl (C=O) groups is 2. The van der Waals surface area contributed by atoms with Crippen LogP contribution in [0.25, 0.3) is 11.0 Å². The van der Waals surface area contributed by atoms with Crippen LogP contribution >= 0.6 is 0 Å². The van der Waals surface area contributed by atoms with E-state index < -0.39 is 0 Å². The first kappa shape index (κ1) is 23.3. The summed E-state index contributed by atoms with van der Waals surface area (Å²) in [5, 5.41) is 11.8. The van der Waals surface area contributed by atoms with Crippen molar-refractivity contribution >= 4 is 34.2 Å². The summed E-state index contributed by atoms with van der Waals surface area (Å²) in [7, 11) is 0. The quantitative estimate of drug-likeness (QED) is 0.560. The standard InChI is InChI=1S/C25H30N6O4/c1-2-31-23-20(16-27-31)22(28-18-6-10-34-11-7-18)21(15-26-23)24(32)29-19-5-3-4-17(14-19)25(33)30-8-12-35-13-9-30/h3-5,14-16,18H,2,6-13H2,1H3,(H,26,28)(H,29,32). The van der Waals surface area contributed by atoms with Crippen molar-refractivity contribution in [2.45, 2.75) is 32.4 Å². The Balaban J connectivity index is 1.41. The molecule has 2 amide bonds. The van der Waals surface area contributed by atoms with Crippen LogP contribution in [0.4, 0.5) is 11.4 Å². The van der Waals surface area contributed by atoms with E-state index >= 15 is 0 Å². The van der Waals surface area contributed by atoms with Crippen molar-refractivity contribution in [2.75, 3.05) is 50.2 Å². The second kappa shape index (κ2) is 10.4. The number of benzene rings is 1. The highest BCUT2D eigenvalue weighted by molar-refractivity contribution is 6.12. The molecule has 0 bridgehead atoms. The van der Waals surface area contributed by atoms with Crippen LogP contribution in [0, 0.1) is 0 Å². The molecule has 2 saturated heterocycles. The van der Waals surface area contributed by atoms with Gasteiger partial charge in [-0.15, -0.1) is 0 Å². The van der Waals surface area contributed by atoms with Crippen LogP contribution in [-0.2, 0) is 16.0 Å². The lowest BCUT2D eigenvalue weighted by Gasteiger charge is -2.27. The van der Waals surface area contributed by atoms with Crippen LogP contribution in [-0.4, -0.2) is 77.0 Å². The lowest BCUT2D eigenvalue weighted by Crippen LogP contribution is -2.40. The normalized spacial score (nSPS) is 16.9. The number of hydrogen-bond acceptors (Lipinski definition) is 7. The Morgan fingerprint density at radius 2 is 1.86 bits per heavy atom. The molecule has 0 aliphatic carbocycles. The predicted octanol–water partition coefficient (Wildman–Crippen LogP) is 2.77. The van der Waals surface area contributed by atoms with Gasteiger partial charge in [0.1, 0.15) is 0 Å². The molecule has 10 nitrogen and oxygen atoms in total. The third-order valence-electron chi connectivity index (χ3n) is 6.45. The summed E-state index contributed by atoms with van der Waals surface area (Å²) in [5.74, 6) is -0.365. The zero-order valence-corrected chi connectivity index (χ0v) is 19.8. The maximum absolute atomic E-state index is 13.4. The minimum Gasteiger partial charge on any atom is -0.381 e. The van der Waals surface area contributed by atoms with Gasteiger partial charge in [0.25, 0.3) is 11.8 Å². The number of ether oxygens (including phenoxy) is 2. The zero-order valence-electron chi connectivity index (χ0n) is 19.8. The summed E-state index contributed by atoms with van der Waals surface area (Å²) < 4.78 is 12.6. The fourth-order valence-electron chi connectivity index (χ4n) is 4.51. The number of nitrogens with one attached hydrogen (secondary N) is 2. The Morgan fingerprint density at radius 3 is 2.63 bits per heavy atom. The van der Waals surface area contributed by atoms with E-state index in [2.05, 4.69) is 20.7 Å². The van der Waals surface area contributed by atoms with Crippen molar-refractivity contribution in [3.63, 3.8) is 0 Å². The first-order valence-corrected chi connectivity index (χ1v) is 12.1. The Bertz CT molecular complexity index is 1210. The number of fused-ring (bicyclic) bond motifs is 1. The smallest absolute Gasteiger partial charge is 0.259 e. The van der Waals surface area contributed by atoms with Gasteiger partial charge in [-0.05, 0) is 38.0 Å². The van der Waals surface area contributed by atoms with Crippen LogP contribution < -0.4 is 10.6 Å². The van der Waals surface area contributed by atoms with Crippen LogP contribution in [0.15, 0.2) is 36.7 Å². The van der Waals surface area contributed by atoms with Crippen LogP contribution in [0.5, 0.6) is 0 Å². The molecule has 0 saturated carbocycles. The van der Waals surface area contributed by atoms with E-state index in [0.717, 1.165) is 29.6 Å². The molecule has 0 atom stereocenters. The van der Waals surface area contributed by atoms with Gasteiger partial charge >= 0.3 is 0 Å². The number of anilines is 2. The monoisotopic (exact) mass is 478 g/mol. The van der Waals surface area contributed by atoms with Gasteiger partial charge in [-0.3, -0.25) is 9.59 Å². The molecular weight excluding hydrogens is 448 g/mol. The number of rotatable bonds is 6. The Kier molecular flexibility index (Phi) is 6.91. The summed E-state index contributed by atoms with van der Waals surface area (Å²) in [6.07, 6.45) is 5.07. The van der Waals surface area contributed by atoms with Crippen molar-refractivity contribution in [3.8, 4) is 0 Å². The molecule has 0 radical (unpaired) electrons. The highest BCUT2D eigenvalue weighted by atomic mass is 16.5. The number of morpholine rings is 1. The van der Waals surface area contributed by atoms with Crippen LogP contribution in [0.2, 0.25) is 0 Å². The molecule has 184 valence electrons. The first-order valence-electron chi connectivity index (χ1n) is 12.1. The van der Waals surface area contributed by atoms with Gasteiger partial charge in [-0.2, -0.15) is 5.10 Å². The number of amides is 2. The third-order valence-corrected chi connectivity index (χ3v) is 6.45. The van der Waals surface area contributed by atoms with E-state index in [9.17, 15) is 9.59 Å². The molecule has 2 aliphatic heterocycles. The molecular formula is C25H30N6O4. The molecule has 1 aromatic carbocycles. The minimum atomic E-state index is -0.297. The molecule has 3 aromatic rings. The van der Waals surface area contributed by atoms with Gasteiger partial charge in [-0.1, -0.05) is 6.07 Å². The summed E-state index contributed by atoms with van der Waals surface area (Å²) in [6, 6.07) is 7.22. The van der Waals surface area contributed by atoms with Crippen molar-refractivity contribution in [1.82, 2.24) is 19.7 Å². The number of aryl methyl sites for hydroxylation is 1. The molecule has 0 unspecified atom stereocenters. The molecule has 0 spiro atoms. The lowest BCUT2D eigenvalue weighted by atomic mass is 10.1. The maximum Gasteiger partial charge on any atom is 0.259 e. The van der Waals surface area contributed by atoms with Gasteiger partial charge in [0.15, 0.2) is 5.65 Å². The summed E-state index contributed by atoms with van der Waals surface area (Å²) in [4.78, 5) is 32.6. The van der Waals surface area contributed by atoms with E-state index in [4.69, 9.17) is 9.47 Å². The van der Waals surface area contributed by atoms with E-state index in [1.54, 1.807) is 41.6 Å². The number of pyridine rings is 1. The number of aromatic nitrogens is 3. The Labute approximate surface area is 203 Å². The number of nitrogens with zero attached hydrogens (tertiary/aromatic N) is 4. The van der Waals surface area contributed by atoms with Gasteiger partial charge in [0, 0.05) is 56.3 Å². The first-order chi connectivity index (χ1) is 17.1. The summed E-state index contributed by atoms with van der Waals surface area (Å²) in [5.41, 5.74) is 2.97. The predicted molar refractivity (Wildman–Crippen MR) is 132 cm³/mol. The molecule has 2 aliphatic rings. The molecule has 35 heavy (non-hydrogen) atoms. The van der Waals surface area contributed by atoms with Crippen LogP contribution in [0.3, 0.4) is 0 Å². The number of carbonyl (C=O) groups excluding carboxylic acids is 2. The fourth-order valence-corrected chi connectivity index (χ4v) is 4.51. The average molecular weight is 479 g/mol. The van der Waals surface area contributed by atoms with E-state index in [0.29, 0.717) is 62.9 Å². The molecule has 2 aromatic heterocycles. The second-order valence-corrected chi connectivity index (χ2v) is 8.71. The minimum absolute atomic E-state index is 0.0682.